The van der Waals surface area contributed by atoms with Crippen molar-refractivity contribution in [2.24, 2.45) is 14.1 Å². The van der Waals surface area contributed by atoms with Gasteiger partial charge in [-0.2, -0.15) is 4.98 Å². The summed E-state index contributed by atoms with van der Waals surface area (Å²) in [7, 11) is 2.91. The summed E-state index contributed by atoms with van der Waals surface area (Å²) in [5.41, 5.74) is 1.05. The highest BCUT2D eigenvalue weighted by Gasteiger charge is 2.33. The second-order valence-corrected chi connectivity index (χ2v) is 9.21. The molecule has 3 heterocycles. The van der Waals surface area contributed by atoms with Crippen LogP contribution in [-0.4, -0.2) is 30.3 Å². The number of amides is 1. The van der Waals surface area contributed by atoms with E-state index in [1.54, 1.807) is 16.7 Å². The molecule has 0 fully saturated rings. The quantitative estimate of drug-likeness (QED) is 0.420. The number of carbonyl (C=O) groups is 1. The molecule has 0 unspecified atom stereocenters. The molecule has 2 aromatic carbocycles. The van der Waals surface area contributed by atoms with Crippen molar-refractivity contribution in [1.82, 2.24) is 18.7 Å². The summed E-state index contributed by atoms with van der Waals surface area (Å²) >= 11 is 8.07. The van der Waals surface area contributed by atoms with E-state index in [2.05, 4.69) is 4.98 Å². The summed E-state index contributed by atoms with van der Waals surface area (Å²) in [4.78, 5) is 45.9. The van der Waals surface area contributed by atoms with Crippen LogP contribution < -0.4 is 16.1 Å². The van der Waals surface area contributed by atoms with Gasteiger partial charge in [0.25, 0.3) is 5.56 Å². The van der Waals surface area contributed by atoms with Crippen LogP contribution in [-0.2, 0) is 25.4 Å². The third kappa shape index (κ3) is 3.48. The first-order chi connectivity index (χ1) is 15.9. The van der Waals surface area contributed by atoms with Gasteiger partial charge in [0, 0.05) is 24.7 Å². The Labute approximate surface area is 198 Å². The van der Waals surface area contributed by atoms with E-state index in [4.69, 9.17) is 11.6 Å². The van der Waals surface area contributed by atoms with E-state index >= 15 is 0 Å². The van der Waals surface area contributed by atoms with Crippen molar-refractivity contribution in [2.75, 3.05) is 10.7 Å². The molecule has 0 aliphatic carbocycles. The molecule has 168 valence electrons. The molecule has 0 N–H and O–H groups in total. The molecular weight excluding hydrogens is 462 g/mol. The molecule has 1 atom stereocenters. The smallest absolute Gasteiger partial charge is 0.301 e. The van der Waals surface area contributed by atoms with Crippen LogP contribution in [0.4, 0.5) is 5.69 Å². The van der Waals surface area contributed by atoms with Crippen LogP contribution in [0, 0.1) is 0 Å². The minimum absolute atomic E-state index is 0.0208. The molecule has 2 aromatic heterocycles. The number of aryl methyl sites for hydroxylation is 1. The van der Waals surface area contributed by atoms with E-state index in [9.17, 15) is 14.4 Å². The number of carbonyl (C=O) groups excluding carboxylic acids is 1. The Morgan fingerprint density at radius 3 is 2.52 bits per heavy atom. The lowest BCUT2D eigenvalue weighted by atomic mass is 10.1. The average molecular weight is 482 g/mol. The molecule has 1 aliphatic rings. The number of fused-ring (bicyclic) bond motifs is 2. The van der Waals surface area contributed by atoms with Gasteiger partial charge in [-0.15, -0.1) is 11.8 Å². The number of hydrogen-bond acceptors (Lipinski definition) is 5. The van der Waals surface area contributed by atoms with Crippen LogP contribution >= 0.6 is 23.4 Å². The third-order valence-electron chi connectivity index (χ3n) is 5.88. The number of benzene rings is 2. The molecule has 10 heteroatoms. The maximum Gasteiger partial charge on any atom is 0.332 e. The van der Waals surface area contributed by atoms with Crippen molar-refractivity contribution >= 4 is 46.1 Å². The van der Waals surface area contributed by atoms with Gasteiger partial charge >= 0.3 is 5.69 Å². The lowest BCUT2D eigenvalue weighted by Gasteiger charge is -2.37. The van der Waals surface area contributed by atoms with Gasteiger partial charge in [-0.05, 0) is 29.3 Å². The molecule has 4 aromatic rings. The number of halogens is 1. The summed E-state index contributed by atoms with van der Waals surface area (Å²) in [5.74, 6) is 0.468. The molecule has 0 radical (unpaired) electrons. The van der Waals surface area contributed by atoms with E-state index in [0.29, 0.717) is 5.75 Å². The van der Waals surface area contributed by atoms with Gasteiger partial charge in [-0.25, -0.2) is 4.79 Å². The Kier molecular flexibility index (Phi) is 5.38. The second-order valence-electron chi connectivity index (χ2n) is 7.81. The maximum atomic E-state index is 13.8. The number of para-hydroxylation sites is 1. The largest absolute Gasteiger partial charge is 0.332 e. The number of thioether (sulfide) groups is 1. The molecule has 33 heavy (non-hydrogen) atoms. The summed E-state index contributed by atoms with van der Waals surface area (Å²) in [6.45, 7) is -0.189. The number of imidazole rings is 1. The van der Waals surface area contributed by atoms with E-state index < -0.39 is 11.2 Å². The van der Waals surface area contributed by atoms with Crippen LogP contribution in [0.2, 0.25) is 5.28 Å². The summed E-state index contributed by atoms with van der Waals surface area (Å²) in [5, 5.41) is -0.0208. The molecule has 8 nitrogen and oxygen atoms in total. The zero-order chi connectivity index (χ0) is 23.3. The predicted molar refractivity (Wildman–Crippen MR) is 129 cm³/mol. The maximum absolute atomic E-state index is 13.8. The van der Waals surface area contributed by atoms with Crippen molar-refractivity contribution < 1.29 is 4.79 Å². The molecular formula is C23H20ClN5O3S. The van der Waals surface area contributed by atoms with Gasteiger partial charge in [0.05, 0.1) is 11.7 Å². The number of rotatable bonds is 3. The van der Waals surface area contributed by atoms with E-state index in [1.807, 2.05) is 54.6 Å². The van der Waals surface area contributed by atoms with Crippen molar-refractivity contribution in [2.45, 2.75) is 17.5 Å². The molecule has 1 amide bonds. The topological polar surface area (TPSA) is 82.1 Å². The minimum atomic E-state index is -0.547. The lowest BCUT2D eigenvalue weighted by molar-refractivity contribution is -0.119. The first-order valence-electron chi connectivity index (χ1n) is 10.3. The summed E-state index contributed by atoms with van der Waals surface area (Å²) in [6.07, 6.45) is 0. The van der Waals surface area contributed by atoms with Crippen LogP contribution in [0.15, 0.2) is 69.1 Å². The Morgan fingerprint density at radius 2 is 1.76 bits per heavy atom. The monoisotopic (exact) mass is 481 g/mol. The standard InChI is InChI=1S/C23H20ClN5O3S/c1-26-20-19(21(31)27(2)23(26)32)28(22(24)25-20)12-18(30)29-15-10-6-7-11-17(15)33-13-16(29)14-8-4-3-5-9-14/h3-11,16H,12-13H2,1-2H3/t16-/m0/s1. The summed E-state index contributed by atoms with van der Waals surface area (Å²) in [6, 6.07) is 17.4. The Bertz CT molecular complexity index is 1510. The van der Waals surface area contributed by atoms with Gasteiger partial charge in [-0.1, -0.05) is 42.5 Å². The minimum Gasteiger partial charge on any atom is -0.301 e. The molecule has 5 rings (SSSR count). The fourth-order valence-electron chi connectivity index (χ4n) is 4.19. The second kappa shape index (κ2) is 8.24. The number of anilines is 1. The highest BCUT2D eigenvalue weighted by molar-refractivity contribution is 7.99. The first kappa shape index (κ1) is 21.5. The first-order valence-corrected chi connectivity index (χ1v) is 11.7. The fourth-order valence-corrected chi connectivity index (χ4v) is 5.59. The SMILES string of the molecule is Cn1c(=O)c2c(nc(Cl)n2CC(=O)N2c3ccccc3SC[C@H]2c2ccccc2)n(C)c1=O. The van der Waals surface area contributed by atoms with Crippen LogP contribution in [0.25, 0.3) is 11.2 Å². The fraction of sp³-hybridized carbons (Fsp3) is 0.217. The highest BCUT2D eigenvalue weighted by Crippen LogP contribution is 2.43. The molecule has 0 saturated heterocycles. The number of nitrogens with zero attached hydrogens (tertiary/aromatic N) is 5. The van der Waals surface area contributed by atoms with Crippen molar-refractivity contribution in [3.05, 3.63) is 86.3 Å². The normalized spacial score (nSPS) is 15.6. The number of hydrogen-bond donors (Lipinski definition) is 0. The van der Waals surface area contributed by atoms with E-state index in [0.717, 1.165) is 20.7 Å². The highest BCUT2D eigenvalue weighted by atomic mass is 35.5. The molecule has 0 spiro atoms. The van der Waals surface area contributed by atoms with Gasteiger partial charge in [-0.3, -0.25) is 23.3 Å². The van der Waals surface area contributed by atoms with E-state index in [1.165, 1.54) is 23.2 Å². The van der Waals surface area contributed by atoms with Crippen molar-refractivity contribution in [3.8, 4) is 0 Å². The Balaban J connectivity index is 1.63. The number of aromatic nitrogens is 4. The van der Waals surface area contributed by atoms with Gasteiger partial charge < -0.3 is 4.90 Å². The van der Waals surface area contributed by atoms with Crippen LogP contribution in [0.3, 0.4) is 0 Å². The lowest BCUT2D eigenvalue weighted by Crippen LogP contribution is -2.41. The third-order valence-corrected chi connectivity index (χ3v) is 7.31. The predicted octanol–water partition coefficient (Wildman–Crippen LogP) is 2.97. The molecule has 0 saturated carbocycles. The zero-order valence-electron chi connectivity index (χ0n) is 17.9. The van der Waals surface area contributed by atoms with Crippen LogP contribution in [0.5, 0.6) is 0 Å². The van der Waals surface area contributed by atoms with Gasteiger partial charge in [0.15, 0.2) is 11.2 Å². The zero-order valence-corrected chi connectivity index (χ0v) is 19.5. The Hall–Kier alpha value is -3.30. The molecule has 1 aliphatic heterocycles. The van der Waals surface area contributed by atoms with Crippen LogP contribution in [0.1, 0.15) is 11.6 Å². The Morgan fingerprint density at radius 1 is 1.06 bits per heavy atom. The van der Waals surface area contributed by atoms with Gasteiger partial charge in [0.1, 0.15) is 6.54 Å². The molecule has 0 bridgehead atoms. The van der Waals surface area contributed by atoms with Crippen molar-refractivity contribution in [1.29, 1.82) is 0 Å². The van der Waals surface area contributed by atoms with Gasteiger partial charge in [0.2, 0.25) is 11.2 Å². The average Bonchev–Trinajstić information content (AvgIpc) is 3.17. The summed E-state index contributed by atoms with van der Waals surface area (Å²) < 4.78 is 3.62. The van der Waals surface area contributed by atoms with Crippen molar-refractivity contribution in [3.63, 3.8) is 0 Å². The van der Waals surface area contributed by atoms with E-state index in [-0.39, 0.29) is 34.9 Å².